The van der Waals surface area contributed by atoms with Gasteiger partial charge in [0.25, 0.3) is 5.91 Å². The van der Waals surface area contributed by atoms with E-state index in [1.54, 1.807) is 11.6 Å². The summed E-state index contributed by atoms with van der Waals surface area (Å²) in [5, 5.41) is 4.46. The van der Waals surface area contributed by atoms with Crippen molar-refractivity contribution in [1.82, 2.24) is 19.2 Å². The predicted molar refractivity (Wildman–Crippen MR) is 99.9 cm³/mol. The van der Waals surface area contributed by atoms with Gasteiger partial charge in [-0.05, 0) is 51.0 Å². The summed E-state index contributed by atoms with van der Waals surface area (Å²) in [7, 11) is 1.68. The number of aromatic nitrogens is 3. The number of aryl methyl sites for hydroxylation is 1. The Kier molecular flexibility index (Phi) is 5.13. The van der Waals surface area contributed by atoms with E-state index in [1.807, 2.05) is 43.0 Å². The van der Waals surface area contributed by atoms with E-state index in [0.717, 1.165) is 29.7 Å². The van der Waals surface area contributed by atoms with Crippen LogP contribution in [0, 0.1) is 0 Å². The van der Waals surface area contributed by atoms with Gasteiger partial charge in [0.05, 0.1) is 0 Å². The summed E-state index contributed by atoms with van der Waals surface area (Å²) in [5.41, 5.74) is 0.590. The van der Waals surface area contributed by atoms with Gasteiger partial charge in [-0.1, -0.05) is 15.9 Å². The number of hydrogen-bond acceptors (Lipinski definition) is 3. The van der Waals surface area contributed by atoms with Gasteiger partial charge in [0, 0.05) is 42.1 Å². The van der Waals surface area contributed by atoms with Crippen LogP contribution < -0.4 is 5.69 Å². The number of amides is 1. The summed E-state index contributed by atoms with van der Waals surface area (Å²) in [6.45, 7) is 5.31. The van der Waals surface area contributed by atoms with Gasteiger partial charge in [-0.15, -0.1) is 0 Å². The van der Waals surface area contributed by atoms with Crippen molar-refractivity contribution >= 4 is 21.8 Å². The predicted octanol–water partition coefficient (Wildman–Crippen LogP) is 2.95. The number of benzene rings is 1. The van der Waals surface area contributed by atoms with Crippen molar-refractivity contribution in [3.05, 3.63) is 50.6 Å². The normalized spacial score (nSPS) is 18.0. The zero-order valence-electron chi connectivity index (χ0n) is 14.8. The van der Waals surface area contributed by atoms with Crippen molar-refractivity contribution < 1.29 is 4.79 Å². The highest BCUT2D eigenvalue weighted by atomic mass is 79.9. The molecule has 6 nitrogen and oxygen atoms in total. The van der Waals surface area contributed by atoms with Crippen LogP contribution in [-0.2, 0) is 7.05 Å². The molecule has 2 heterocycles. The van der Waals surface area contributed by atoms with Crippen molar-refractivity contribution in [3.63, 3.8) is 0 Å². The Hall–Kier alpha value is -1.89. The number of carbonyl (C=O) groups is 1. The fourth-order valence-electron chi connectivity index (χ4n) is 3.41. The zero-order chi connectivity index (χ0) is 18.1. The number of carbonyl (C=O) groups excluding carboxylic acids is 1. The minimum atomic E-state index is -0.0960. The largest absolute Gasteiger partial charge is 0.345 e. The molecule has 0 spiro atoms. The van der Waals surface area contributed by atoms with E-state index in [4.69, 9.17) is 0 Å². The molecule has 0 saturated carbocycles. The van der Waals surface area contributed by atoms with Gasteiger partial charge >= 0.3 is 5.69 Å². The van der Waals surface area contributed by atoms with Crippen molar-refractivity contribution in [3.8, 4) is 0 Å². The average molecular weight is 407 g/mol. The maximum atomic E-state index is 12.8. The molecule has 7 heteroatoms. The maximum Gasteiger partial charge on any atom is 0.345 e. The fraction of sp³-hybridized carbons (Fsp3) is 0.500. The van der Waals surface area contributed by atoms with Gasteiger partial charge in [-0.25, -0.2) is 9.48 Å². The Labute approximate surface area is 155 Å². The number of likely N-dealkylation sites (tertiary alicyclic amines) is 1. The lowest BCUT2D eigenvalue weighted by atomic mass is 9.96. The molecule has 25 heavy (non-hydrogen) atoms. The van der Waals surface area contributed by atoms with Crippen LogP contribution in [0.4, 0.5) is 0 Å². The molecule has 1 atom stereocenters. The molecule has 1 aliphatic rings. The molecule has 1 unspecified atom stereocenters. The standard InChI is InChI=1S/C18H23BrN4O2/c1-12(2)23-16(20-21(3)18(23)25)14-5-4-10-22(11-14)17(24)13-6-8-15(19)9-7-13/h6-9,12,14H,4-5,10-11H2,1-3H3. The van der Waals surface area contributed by atoms with Crippen LogP contribution in [0.3, 0.4) is 0 Å². The zero-order valence-corrected chi connectivity index (χ0v) is 16.4. The summed E-state index contributed by atoms with van der Waals surface area (Å²) < 4.78 is 4.10. The molecular weight excluding hydrogens is 384 g/mol. The van der Waals surface area contributed by atoms with Crippen LogP contribution >= 0.6 is 15.9 Å². The van der Waals surface area contributed by atoms with Gasteiger partial charge in [0.15, 0.2) is 0 Å². The highest BCUT2D eigenvalue weighted by Gasteiger charge is 2.30. The summed E-state index contributed by atoms with van der Waals surface area (Å²) in [5.74, 6) is 0.909. The molecule has 1 aromatic heterocycles. The minimum absolute atomic E-state index is 0.0339. The first-order valence-electron chi connectivity index (χ1n) is 8.58. The Morgan fingerprint density at radius 1 is 1.28 bits per heavy atom. The van der Waals surface area contributed by atoms with Crippen LogP contribution in [0.2, 0.25) is 0 Å². The van der Waals surface area contributed by atoms with E-state index in [9.17, 15) is 9.59 Å². The Morgan fingerprint density at radius 2 is 1.96 bits per heavy atom. The highest BCUT2D eigenvalue weighted by Crippen LogP contribution is 2.27. The number of halogens is 1. The molecular formula is C18H23BrN4O2. The summed E-state index contributed by atoms with van der Waals surface area (Å²) in [4.78, 5) is 27.0. The first-order valence-corrected chi connectivity index (χ1v) is 9.38. The molecule has 0 aliphatic carbocycles. The second-order valence-corrected chi connectivity index (χ2v) is 7.74. The molecule has 1 aliphatic heterocycles. The first-order chi connectivity index (χ1) is 11.9. The summed E-state index contributed by atoms with van der Waals surface area (Å²) in [6, 6.07) is 7.48. The van der Waals surface area contributed by atoms with Gasteiger partial charge in [0.1, 0.15) is 5.82 Å². The number of piperidine rings is 1. The fourth-order valence-corrected chi connectivity index (χ4v) is 3.67. The highest BCUT2D eigenvalue weighted by molar-refractivity contribution is 9.10. The third-order valence-electron chi connectivity index (χ3n) is 4.66. The molecule has 2 aromatic rings. The molecule has 0 N–H and O–H groups in total. The molecule has 0 bridgehead atoms. The molecule has 134 valence electrons. The van der Waals surface area contributed by atoms with E-state index in [0.29, 0.717) is 12.1 Å². The van der Waals surface area contributed by atoms with E-state index in [1.165, 1.54) is 4.68 Å². The maximum absolute atomic E-state index is 12.8. The number of hydrogen-bond donors (Lipinski definition) is 0. The summed E-state index contributed by atoms with van der Waals surface area (Å²) in [6.07, 6.45) is 1.85. The van der Waals surface area contributed by atoms with Gasteiger partial charge < -0.3 is 4.90 Å². The quantitative estimate of drug-likeness (QED) is 0.786. The Morgan fingerprint density at radius 3 is 2.60 bits per heavy atom. The topological polar surface area (TPSA) is 60.1 Å². The molecule has 0 radical (unpaired) electrons. The lowest BCUT2D eigenvalue weighted by molar-refractivity contribution is 0.0702. The van der Waals surface area contributed by atoms with Gasteiger partial charge in [-0.3, -0.25) is 9.36 Å². The van der Waals surface area contributed by atoms with E-state index >= 15 is 0 Å². The monoisotopic (exact) mass is 406 g/mol. The average Bonchev–Trinajstić information content (AvgIpc) is 2.90. The first kappa shape index (κ1) is 17.9. The second-order valence-electron chi connectivity index (χ2n) is 6.83. The van der Waals surface area contributed by atoms with Gasteiger partial charge in [-0.2, -0.15) is 5.10 Å². The molecule has 1 aromatic carbocycles. The third kappa shape index (κ3) is 3.56. The molecule has 1 saturated heterocycles. The van der Waals surface area contributed by atoms with Crippen LogP contribution in [0.5, 0.6) is 0 Å². The number of rotatable bonds is 3. The van der Waals surface area contributed by atoms with Gasteiger partial charge in [0.2, 0.25) is 0 Å². The van der Waals surface area contributed by atoms with E-state index < -0.39 is 0 Å². The van der Waals surface area contributed by atoms with Crippen LogP contribution in [-0.4, -0.2) is 38.2 Å². The number of nitrogens with zero attached hydrogens (tertiary/aromatic N) is 4. The molecule has 1 amide bonds. The van der Waals surface area contributed by atoms with Crippen LogP contribution in [0.25, 0.3) is 0 Å². The molecule has 3 rings (SSSR count). The smallest absolute Gasteiger partial charge is 0.338 e. The van der Waals surface area contributed by atoms with Crippen molar-refractivity contribution in [1.29, 1.82) is 0 Å². The van der Waals surface area contributed by atoms with Crippen molar-refractivity contribution in [2.45, 2.75) is 38.6 Å². The third-order valence-corrected chi connectivity index (χ3v) is 5.19. The van der Waals surface area contributed by atoms with E-state index in [2.05, 4.69) is 21.0 Å². The lowest BCUT2D eigenvalue weighted by Gasteiger charge is -2.32. The lowest BCUT2D eigenvalue weighted by Crippen LogP contribution is -2.40. The SMILES string of the molecule is CC(C)n1c(C2CCCN(C(=O)c3ccc(Br)cc3)C2)nn(C)c1=O. The molecule has 1 fully saturated rings. The van der Waals surface area contributed by atoms with Crippen LogP contribution in [0.1, 0.15) is 54.8 Å². The van der Waals surface area contributed by atoms with E-state index in [-0.39, 0.29) is 23.6 Å². The summed E-state index contributed by atoms with van der Waals surface area (Å²) >= 11 is 3.39. The van der Waals surface area contributed by atoms with Crippen molar-refractivity contribution in [2.24, 2.45) is 7.05 Å². The van der Waals surface area contributed by atoms with Crippen LogP contribution in [0.15, 0.2) is 33.5 Å². The van der Waals surface area contributed by atoms with Crippen molar-refractivity contribution in [2.75, 3.05) is 13.1 Å². The second kappa shape index (κ2) is 7.15. The minimum Gasteiger partial charge on any atom is -0.338 e. The Balaban J connectivity index is 1.84. The Bertz CT molecular complexity index is 823.